The van der Waals surface area contributed by atoms with Crippen LogP contribution in [-0.2, 0) is 0 Å². The minimum absolute atomic E-state index is 0.00832. The minimum atomic E-state index is -1.14. The van der Waals surface area contributed by atoms with Gasteiger partial charge in [0.05, 0.1) is 17.1 Å². The summed E-state index contributed by atoms with van der Waals surface area (Å²) in [5, 5.41) is 53.7. The Morgan fingerprint density at radius 1 is 1.15 bits per heavy atom. The minimum Gasteiger partial charge on any atom is -0.396 e. The van der Waals surface area contributed by atoms with Gasteiger partial charge in [0.15, 0.2) is 0 Å². The van der Waals surface area contributed by atoms with Crippen LogP contribution >= 0.6 is 0 Å². The molecule has 10 nitrogen and oxygen atoms in total. The lowest BCUT2D eigenvalue weighted by atomic mass is 9.98. The first kappa shape index (κ1) is 25.0. The molecule has 1 fully saturated rings. The zero-order valence-corrected chi connectivity index (χ0v) is 18.5. The number of piperidine rings is 1. The molecule has 0 aliphatic carbocycles. The van der Waals surface area contributed by atoms with Crippen molar-refractivity contribution in [2.45, 2.75) is 37.6 Å². The van der Waals surface area contributed by atoms with Crippen molar-refractivity contribution in [3.05, 3.63) is 52.8 Å². The standard InChI is InChI=1S/C23H32N4O6/c28-15-16(12-26-13-21(29)23(31)22(30)14-26)4-1-2-9-25-19-7-6-17(10-20(19)27(32)33)18-5-3-8-24-11-18/h3,5-8,10-11,16,21-23,25,28-31H,1-2,4,9,12-15H2/t16-,21?,22?,23?/m1/s1. The van der Waals surface area contributed by atoms with Gasteiger partial charge in [-0.05, 0) is 36.5 Å². The molecule has 1 aromatic heterocycles. The highest BCUT2D eigenvalue weighted by Crippen LogP contribution is 2.30. The predicted octanol–water partition coefficient (Wildman–Crippen LogP) is 1.25. The fraction of sp³-hybridized carbons (Fsp3) is 0.522. The third-order valence-corrected chi connectivity index (χ3v) is 6.00. The maximum absolute atomic E-state index is 11.5. The number of β-amino-alcohol motifs (C(OH)–C–C–N with tert-alkyl or cyclic N) is 2. The lowest BCUT2D eigenvalue weighted by molar-refractivity contribution is -0.383. The number of nitro groups is 1. The second-order valence-electron chi connectivity index (χ2n) is 8.55. The summed E-state index contributed by atoms with van der Waals surface area (Å²) in [5.74, 6) is -0.0206. The van der Waals surface area contributed by atoms with Gasteiger partial charge in [0.1, 0.15) is 11.8 Å². The van der Waals surface area contributed by atoms with Crippen LogP contribution in [0, 0.1) is 16.0 Å². The van der Waals surface area contributed by atoms with E-state index in [9.17, 15) is 30.5 Å². The maximum atomic E-state index is 11.5. The number of likely N-dealkylation sites (tertiary alicyclic amines) is 1. The first-order valence-corrected chi connectivity index (χ1v) is 11.2. The van der Waals surface area contributed by atoms with E-state index in [0.29, 0.717) is 18.8 Å². The Kier molecular flexibility index (Phi) is 9.10. The number of pyridine rings is 1. The quantitative estimate of drug-likeness (QED) is 0.189. The number of nitrogens with zero attached hydrogens (tertiary/aromatic N) is 3. The van der Waals surface area contributed by atoms with E-state index in [1.165, 1.54) is 0 Å². The molecule has 0 saturated carbocycles. The average Bonchev–Trinajstić information content (AvgIpc) is 2.82. The SMILES string of the molecule is O=[N+]([O-])c1cc(-c2cccnc2)ccc1NCCCC[C@@H](CO)CN1CC(O)C(O)C(O)C1. The van der Waals surface area contributed by atoms with Gasteiger partial charge in [-0.2, -0.15) is 0 Å². The molecule has 0 radical (unpaired) electrons. The molecule has 3 atom stereocenters. The number of aliphatic hydroxyl groups is 4. The van der Waals surface area contributed by atoms with E-state index in [2.05, 4.69) is 10.3 Å². The van der Waals surface area contributed by atoms with Crippen LogP contribution in [0.1, 0.15) is 19.3 Å². The fourth-order valence-electron chi connectivity index (χ4n) is 4.16. The number of anilines is 1. The normalized spacial score (nSPS) is 22.1. The molecule has 0 amide bonds. The summed E-state index contributed by atoms with van der Waals surface area (Å²) in [7, 11) is 0. The third-order valence-electron chi connectivity index (χ3n) is 6.00. The molecular weight excluding hydrogens is 428 g/mol. The van der Waals surface area contributed by atoms with Crippen LogP contribution in [0.25, 0.3) is 11.1 Å². The van der Waals surface area contributed by atoms with Crippen LogP contribution < -0.4 is 5.32 Å². The molecule has 180 valence electrons. The molecule has 5 N–H and O–H groups in total. The number of aliphatic hydroxyl groups excluding tert-OH is 4. The first-order chi connectivity index (χ1) is 15.9. The number of aromatic nitrogens is 1. The Labute approximate surface area is 192 Å². The fourth-order valence-corrected chi connectivity index (χ4v) is 4.16. The van der Waals surface area contributed by atoms with Gasteiger partial charge in [0, 0.05) is 56.8 Å². The van der Waals surface area contributed by atoms with Crippen molar-refractivity contribution < 1.29 is 25.3 Å². The van der Waals surface area contributed by atoms with Gasteiger partial charge in [-0.1, -0.05) is 18.6 Å². The van der Waals surface area contributed by atoms with Gasteiger partial charge in [0.2, 0.25) is 0 Å². The molecule has 2 aromatic rings. The number of nitro benzene ring substituents is 1. The van der Waals surface area contributed by atoms with E-state index in [1.54, 1.807) is 30.6 Å². The van der Waals surface area contributed by atoms with E-state index in [4.69, 9.17) is 0 Å². The van der Waals surface area contributed by atoms with Crippen molar-refractivity contribution in [2.24, 2.45) is 5.92 Å². The second-order valence-corrected chi connectivity index (χ2v) is 8.55. The number of hydrogen-bond donors (Lipinski definition) is 5. The highest BCUT2D eigenvalue weighted by atomic mass is 16.6. The number of unbranched alkanes of at least 4 members (excludes halogenated alkanes) is 1. The lowest BCUT2D eigenvalue weighted by Crippen LogP contribution is -2.56. The number of hydrogen-bond acceptors (Lipinski definition) is 9. The van der Waals surface area contributed by atoms with Gasteiger partial charge >= 0.3 is 0 Å². The van der Waals surface area contributed by atoms with Crippen molar-refractivity contribution >= 4 is 11.4 Å². The molecule has 1 saturated heterocycles. The molecule has 10 heteroatoms. The van der Waals surface area contributed by atoms with Crippen LogP contribution in [-0.4, -0.2) is 86.3 Å². The average molecular weight is 461 g/mol. The Hall–Kier alpha value is -2.63. The van der Waals surface area contributed by atoms with Crippen molar-refractivity contribution in [3.63, 3.8) is 0 Å². The summed E-state index contributed by atoms with van der Waals surface area (Å²) < 4.78 is 0. The van der Waals surface area contributed by atoms with Crippen LogP contribution in [0.3, 0.4) is 0 Å². The van der Waals surface area contributed by atoms with Crippen LogP contribution in [0.5, 0.6) is 0 Å². The highest BCUT2D eigenvalue weighted by Gasteiger charge is 2.33. The van der Waals surface area contributed by atoms with Crippen LogP contribution in [0.2, 0.25) is 0 Å². The Morgan fingerprint density at radius 2 is 1.91 bits per heavy atom. The van der Waals surface area contributed by atoms with E-state index < -0.39 is 23.2 Å². The summed E-state index contributed by atoms with van der Waals surface area (Å²) in [6, 6.07) is 8.71. The molecule has 3 rings (SSSR count). The van der Waals surface area contributed by atoms with E-state index in [-0.39, 0.29) is 31.3 Å². The Morgan fingerprint density at radius 3 is 2.55 bits per heavy atom. The molecule has 1 aliphatic rings. The third kappa shape index (κ3) is 6.92. The number of rotatable bonds is 11. The summed E-state index contributed by atoms with van der Waals surface area (Å²) in [5.41, 5.74) is 2.01. The molecular formula is C23H32N4O6. The predicted molar refractivity (Wildman–Crippen MR) is 124 cm³/mol. The van der Waals surface area contributed by atoms with Crippen LogP contribution in [0.4, 0.5) is 11.4 Å². The van der Waals surface area contributed by atoms with E-state index >= 15 is 0 Å². The molecule has 0 spiro atoms. The monoisotopic (exact) mass is 460 g/mol. The summed E-state index contributed by atoms with van der Waals surface area (Å²) in [6.45, 7) is 1.58. The number of benzene rings is 1. The first-order valence-electron chi connectivity index (χ1n) is 11.2. The summed E-state index contributed by atoms with van der Waals surface area (Å²) in [4.78, 5) is 17.1. The van der Waals surface area contributed by atoms with E-state index in [0.717, 1.165) is 30.4 Å². The van der Waals surface area contributed by atoms with Crippen molar-refractivity contribution in [3.8, 4) is 11.1 Å². The summed E-state index contributed by atoms with van der Waals surface area (Å²) >= 11 is 0. The largest absolute Gasteiger partial charge is 0.396 e. The van der Waals surface area contributed by atoms with Crippen LogP contribution in [0.15, 0.2) is 42.7 Å². The van der Waals surface area contributed by atoms with Gasteiger partial charge in [0.25, 0.3) is 5.69 Å². The summed E-state index contributed by atoms with van der Waals surface area (Å²) in [6.07, 6.45) is 2.49. The van der Waals surface area contributed by atoms with Crippen molar-refractivity contribution in [1.29, 1.82) is 0 Å². The van der Waals surface area contributed by atoms with E-state index in [1.807, 2.05) is 17.0 Å². The lowest BCUT2D eigenvalue weighted by Gasteiger charge is -2.38. The van der Waals surface area contributed by atoms with Gasteiger partial charge in [-0.15, -0.1) is 0 Å². The smallest absolute Gasteiger partial charge is 0.292 e. The van der Waals surface area contributed by atoms with Gasteiger partial charge < -0.3 is 25.7 Å². The Balaban J connectivity index is 1.46. The molecule has 2 unspecified atom stereocenters. The number of nitrogens with one attached hydrogen (secondary N) is 1. The van der Waals surface area contributed by atoms with Gasteiger partial charge in [-0.3, -0.25) is 20.0 Å². The zero-order chi connectivity index (χ0) is 23.8. The molecule has 33 heavy (non-hydrogen) atoms. The van der Waals surface area contributed by atoms with Gasteiger partial charge in [-0.25, -0.2) is 0 Å². The zero-order valence-electron chi connectivity index (χ0n) is 18.5. The topological polar surface area (TPSA) is 152 Å². The molecule has 1 aromatic carbocycles. The maximum Gasteiger partial charge on any atom is 0.292 e. The second kappa shape index (κ2) is 12.0. The van der Waals surface area contributed by atoms with Crippen molar-refractivity contribution in [2.75, 3.05) is 38.1 Å². The van der Waals surface area contributed by atoms with Crippen molar-refractivity contribution in [1.82, 2.24) is 9.88 Å². The molecule has 1 aliphatic heterocycles. The molecule has 2 heterocycles. The molecule has 0 bridgehead atoms. The Bertz CT molecular complexity index is 888. The highest BCUT2D eigenvalue weighted by molar-refractivity contribution is 5.73.